The first-order valence-corrected chi connectivity index (χ1v) is 7.51. The number of hydrogen-bond acceptors (Lipinski definition) is 1. The third-order valence-corrected chi connectivity index (χ3v) is 4.15. The van der Waals surface area contributed by atoms with Crippen molar-refractivity contribution in [1.29, 1.82) is 0 Å². The van der Waals surface area contributed by atoms with Crippen LogP contribution in [0.2, 0.25) is 0 Å². The van der Waals surface area contributed by atoms with Crippen molar-refractivity contribution in [2.24, 2.45) is 5.92 Å². The summed E-state index contributed by atoms with van der Waals surface area (Å²) in [6.45, 7) is 5.00. The Bertz CT molecular complexity index is 156. The normalized spacial score (nSPS) is 27.8. The van der Waals surface area contributed by atoms with Crippen LogP contribution in [0, 0.1) is 5.92 Å². The Morgan fingerprint density at radius 1 is 0.812 bits per heavy atom. The Morgan fingerprint density at radius 2 is 1.44 bits per heavy atom. The highest BCUT2D eigenvalue weighted by Gasteiger charge is 2.08. The minimum atomic E-state index is 0.989. The summed E-state index contributed by atoms with van der Waals surface area (Å²) >= 11 is 0. The highest BCUT2D eigenvalue weighted by molar-refractivity contribution is 4.62. The fourth-order valence-corrected chi connectivity index (χ4v) is 2.77. The van der Waals surface area contributed by atoms with Crippen molar-refractivity contribution in [3.63, 3.8) is 0 Å². The Balaban J connectivity index is 2.28. The molecule has 0 spiro atoms. The molecule has 0 aromatic rings. The zero-order valence-electron chi connectivity index (χ0n) is 11.5. The topological polar surface area (TPSA) is 3.24 Å². The molecule has 1 heteroatoms. The summed E-state index contributed by atoms with van der Waals surface area (Å²) in [6, 6.07) is 0. The van der Waals surface area contributed by atoms with Crippen molar-refractivity contribution >= 4 is 0 Å². The third-order valence-electron chi connectivity index (χ3n) is 4.15. The smallest absolute Gasteiger partial charge is 0.00191 e. The second-order valence-electron chi connectivity index (χ2n) is 5.63. The van der Waals surface area contributed by atoms with Gasteiger partial charge in [-0.1, -0.05) is 58.3 Å². The summed E-state index contributed by atoms with van der Waals surface area (Å²) < 4.78 is 0. The van der Waals surface area contributed by atoms with Gasteiger partial charge in [-0.2, -0.15) is 0 Å². The van der Waals surface area contributed by atoms with Gasteiger partial charge in [0.25, 0.3) is 0 Å². The standard InChI is InChI=1S/C15H31N/c1-3-15-11-9-7-5-4-6-8-10-13-16(2)14-12-15/h15H,3-14H2,1-2H3. The number of nitrogens with zero attached hydrogens (tertiary/aromatic N) is 1. The van der Waals surface area contributed by atoms with Crippen molar-refractivity contribution in [3.05, 3.63) is 0 Å². The van der Waals surface area contributed by atoms with Gasteiger partial charge in [-0.3, -0.25) is 0 Å². The first-order valence-electron chi connectivity index (χ1n) is 7.51. The van der Waals surface area contributed by atoms with Crippen molar-refractivity contribution in [3.8, 4) is 0 Å². The van der Waals surface area contributed by atoms with Gasteiger partial charge in [0.2, 0.25) is 0 Å². The molecule has 1 aliphatic heterocycles. The molecule has 0 bridgehead atoms. The van der Waals surface area contributed by atoms with E-state index in [1.807, 2.05) is 0 Å². The molecule has 96 valence electrons. The van der Waals surface area contributed by atoms with Gasteiger partial charge in [-0.15, -0.1) is 0 Å². The van der Waals surface area contributed by atoms with Crippen LogP contribution in [-0.4, -0.2) is 25.0 Å². The van der Waals surface area contributed by atoms with Crippen LogP contribution < -0.4 is 0 Å². The van der Waals surface area contributed by atoms with Gasteiger partial charge < -0.3 is 4.90 Å². The van der Waals surface area contributed by atoms with Crippen molar-refractivity contribution < 1.29 is 0 Å². The van der Waals surface area contributed by atoms with Crippen LogP contribution in [0.5, 0.6) is 0 Å². The second kappa shape index (κ2) is 9.04. The van der Waals surface area contributed by atoms with Crippen LogP contribution in [0.4, 0.5) is 0 Å². The highest BCUT2D eigenvalue weighted by Crippen LogP contribution is 2.19. The average Bonchev–Trinajstić information content (AvgIpc) is 2.31. The molecule has 1 nitrogen and oxygen atoms in total. The maximum absolute atomic E-state index is 2.54. The fourth-order valence-electron chi connectivity index (χ4n) is 2.77. The second-order valence-corrected chi connectivity index (χ2v) is 5.63. The number of rotatable bonds is 1. The molecular weight excluding hydrogens is 194 g/mol. The summed E-state index contributed by atoms with van der Waals surface area (Å²) in [5.74, 6) is 0.989. The third kappa shape index (κ3) is 6.52. The van der Waals surface area contributed by atoms with Gasteiger partial charge in [0, 0.05) is 0 Å². The van der Waals surface area contributed by atoms with E-state index in [1.54, 1.807) is 0 Å². The molecule has 1 fully saturated rings. The molecule has 1 unspecified atom stereocenters. The Morgan fingerprint density at radius 3 is 2.12 bits per heavy atom. The lowest BCUT2D eigenvalue weighted by Gasteiger charge is -2.20. The quantitative estimate of drug-likeness (QED) is 0.636. The van der Waals surface area contributed by atoms with E-state index in [4.69, 9.17) is 0 Å². The molecule has 1 atom stereocenters. The van der Waals surface area contributed by atoms with Gasteiger partial charge >= 0.3 is 0 Å². The first kappa shape index (κ1) is 14.0. The van der Waals surface area contributed by atoms with Crippen LogP contribution in [-0.2, 0) is 0 Å². The molecule has 1 heterocycles. The molecule has 1 aliphatic rings. The Hall–Kier alpha value is -0.0400. The van der Waals surface area contributed by atoms with Gasteiger partial charge in [0.1, 0.15) is 0 Å². The average molecular weight is 225 g/mol. The molecule has 1 saturated heterocycles. The highest BCUT2D eigenvalue weighted by atomic mass is 15.1. The van der Waals surface area contributed by atoms with Crippen LogP contribution in [0.15, 0.2) is 0 Å². The largest absolute Gasteiger partial charge is 0.306 e. The lowest BCUT2D eigenvalue weighted by atomic mass is 9.95. The maximum atomic E-state index is 2.54. The molecule has 16 heavy (non-hydrogen) atoms. The van der Waals surface area contributed by atoms with Crippen LogP contribution in [0.3, 0.4) is 0 Å². The van der Waals surface area contributed by atoms with E-state index >= 15 is 0 Å². The Labute approximate surface area is 103 Å². The minimum Gasteiger partial charge on any atom is -0.306 e. The zero-order chi connectivity index (χ0) is 11.6. The van der Waals surface area contributed by atoms with E-state index in [2.05, 4.69) is 18.9 Å². The van der Waals surface area contributed by atoms with Gasteiger partial charge in [0.05, 0.1) is 0 Å². The van der Waals surface area contributed by atoms with Crippen molar-refractivity contribution in [2.45, 2.75) is 71.1 Å². The van der Waals surface area contributed by atoms with E-state index in [9.17, 15) is 0 Å². The number of hydrogen-bond donors (Lipinski definition) is 0. The molecule has 0 saturated carbocycles. The summed E-state index contributed by atoms with van der Waals surface area (Å²) in [5, 5.41) is 0. The lowest BCUT2D eigenvalue weighted by Crippen LogP contribution is -2.22. The van der Waals surface area contributed by atoms with E-state index in [0.717, 1.165) is 5.92 Å². The molecule has 0 aromatic heterocycles. The van der Waals surface area contributed by atoms with Crippen molar-refractivity contribution in [2.75, 3.05) is 20.1 Å². The zero-order valence-corrected chi connectivity index (χ0v) is 11.5. The van der Waals surface area contributed by atoms with E-state index < -0.39 is 0 Å². The molecule has 0 N–H and O–H groups in total. The maximum Gasteiger partial charge on any atom is -0.00191 e. The van der Waals surface area contributed by atoms with E-state index in [1.165, 1.54) is 77.3 Å². The summed E-state index contributed by atoms with van der Waals surface area (Å²) in [6.07, 6.45) is 14.5. The lowest BCUT2D eigenvalue weighted by molar-refractivity contribution is 0.284. The molecule has 0 radical (unpaired) electrons. The monoisotopic (exact) mass is 225 g/mol. The molecule has 0 amide bonds. The van der Waals surface area contributed by atoms with Crippen LogP contribution in [0.25, 0.3) is 0 Å². The van der Waals surface area contributed by atoms with Crippen LogP contribution in [0.1, 0.15) is 71.1 Å². The summed E-state index contributed by atoms with van der Waals surface area (Å²) in [5.41, 5.74) is 0. The SMILES string of the molecule is CCC1CCCCCCCCCN(C)CC1. The predicted octanol–water partition coefficient (Wildman–Crippen LogP) is 4.47. The van der Waals surface area contributed by atoms with E-state index in [0.29, 0.717) is 0 Å². The molecule has 0 aromatic carbocycles. The molecule has 0 aliphatic carbocycles. The Kier molecular flexibility index (Phi) is 7.92. The van der Waals surface area contributed by atoms with Crippen molar-refractivity contribution in [1.82, 2.24) is 4.90 Å². The van der Waals surface area contributed by atoms with Gasteiger partial charge in [-0.25, -0.2) is 0 Å². The van der Waals surface area contributed by atoms with Gasteiger partial charge in [-0.05, 0) is 38.9 Å². The fraction of sp³-hybridized carbons (Fsp3) is 1.00. The van der Waals surface area contributed by atoms with Gasteiger partial charge in [0.15, 0.2) is 0 Å². The molecule has 1 rings (SSSR count). The first-order chi connectivity index (χ1) is 7.83. The molecular formula is C15H31N. The van der Waals surface area contributed by atoms with Crippen LogP contribution >= 0.6 is 0 Å². The predicted molar refractivity (Wildman–Crippen MR) is 72.8 cm³/mol. The summed E-state index contributed by atoms with van der Waals surface area (Å²) in [7, 11) is 2.30. The van der Waals surface area contributed by atoms with E-state index in [-0.39, 0.29) is 0 Å². The minimum absolute atomic E-state index is 0.989. The summed E-state index contributed by atoms with van der Waals surface area (Å²) in [4.78, 5) is 2.54.